The Kier molecular flexibility index (Phi) is 3.81. The van der Waals surface area contributed by atoms with Crippen LogP contribution in [0, 0.1) is 5.82 Å². The van der Waals surface area contributed by atoms with E-state index < -0.39 is 6.04 Å². The highest BCUT2D eigenvalue weighted by molar-refractivity contribution is 5.29. The number of nitrogens with two attached hydrogens (primary N) is 1. The van der Waals surface area contributed by atoms with E-state index in [4.69, 9.17) is 10.6 Å². The van der Waals surface area contributed by atoms with Crippen molar-refractivity contribution in [2.24, 2.45) is 5.84 Å². The SMILES string of the molecule is COc1ccc(C(NN)c2ccccc2F)nn1. The predicted octanol–water partition coefficient (Wildman–Crippen LogP) is 1.18. The van der Waals surface area contributed by atoms with E-state index in [-0.39, 0.29) is 5.82 Å². The van der Waals surface area contributed by atoms with E-state index in [9.17, 15) is 4.39 Å². The van der Waals surface area contributed by atoms with E-state index in [1.807, 2.05) is 0 Å². The van der Waals surface area contributed by atoms with Crippen LogP contribution in [0.25, 0.3) is 0 Å². The Labute approximate surface area is 104 Å². The lowest BCUT2D eigenvalue weighted by atomic mass is 10.0. The molecule has 0 amide bonds. The van der Waals surface area contributed by atoms with Gasteiger partial charge in [0.2, 0.25) is 5.88 Å². The topological polar surface area (TPSA) is 73.1 Å². The first-order valence-electron chi connectivity index (χ1n) is 5.34. The minimum Gasteiger partial charge on any atom is -0.480 e. The quantitative estimate of drug-likeness (QED) is 0.628. The third kappa shape index (κ3) is 2.44. The van der Waals surface area contributed by atoms with Gasteiger partial charge in [-0.3, -0.25) is 5.84 Å². The van der Waals surface area contributed by atoms with Crippen LogP contribution in [0.4, 0.5) is 4.39 Å². The lowest BCUT2D eigenvalue weighted by molar-refractivity contribution is 0.390. The van der Waals surface area contributed by atoms with Crippen LogP contribution in [-0.2, 0) is 0 Å². The highest BCUT2D eigenvalue weighted by Crippen LogP contribution is 2.22. The molecular weight excluding hydrogens is 235 g/mol. The van der Waals surface area contributed by atoms with Crippen LogP contribution in [0.1, 0.15) is 17.3 Å². The van der Waals surface area contributed by atoms with Crippen molar-refractivity contribution in [3.05, 3.63) is 53.5 Å². The molecule has 0 fully saturated rings. The summed E-state index contributed by atoms with van der Waals surface area (Å²) in [7, 11) is 1.50. The van der Waals surface area contributed by atoms with Crippen molar-refractivity contribution in [3.8, 4) is 5.88 Å². The van der Waals surface area contributed by atoms with Crippen molar-refractivity contribution in [2.45, 2.75) is 6.04 Å². The lowest BCUT2D eigenvalue weighted by Crippen LogP contribution is -2.30. The van der Waals surface area contributed by atoms with Gasteiger partial charge in [0.05, 0.1) is 18.8 Å². The molecule has 1 unspecified atom stereocenters. The van der Waals surface area contributed by atoms with Crippen LogP contribution in [0.5, 0.6) is 5.88 Å². The molecule has 0 spiro atoms. The van der Waals surface area contributed by atoms with E-state index in [0.29, 0.717) is 17.1 Å². The number of aromatic nitrogens is 2. The maximum absolute atomic E-state index is 13.7. The molecule has 3 N–H and O–H groups in total. The first-order valence-corrected chi connectivity index (χ1v) is 5.34. The van der Waals surface area contributed by atoms with Gasteiger partial charge in [0.15, 0.2) is 0 Å². The summed E-state index contributed by atoms with van der Waals surface area (Å²) in [5, 5.41) is 7.78. The first kappa shape index (κ1) is 12.4. The third-order valence-electron chi connectivity index (χ3n) is 2.55. The van der Waals surface area contributed by atoms with Crippen molar-refractivity contribution in [1.82, 2.24) is 15.6 Å². The second-order valence-electron chi connectivity index (χ2n) is 3.62. The number of halogens is 1. The number of ether oxygens (including phenoxy) is 1. The normalized spacial score (nSPS) is 12.2. The molecule has 0 saturated heterocycles. The van der Waals surface area contributed by atoms with E-state index in [1.165, 1.54) is 13.2 Å². The van der Waals surface area contributed by atoms with Crippen molar-refractivity contribution < 1.29 is 9.13 Å². The molecule has 0 bridgehead atoms. The highest BCUT2D eigenvalue weighted by atomic mass is 19.1. The zero-order chi connectivity index (χ0) is 13.0. The van der Waals surface area contributed by atoms with Gasteiger partial charge in [0, 0.05) is 11.6 Å². The monoisotopic (exact) mass is 248 g/mol. The number of hydrogen-bond acceptors (Lipinski definition) is 5. The molecule has 0 radical (unpaired) electrons. The van der Waals surface area contributed by atoms with Crippen LogP contribution in [0.15, 0.2) is 36.4 Å². The number of nitrogens with one attached hydrogen (secondary N) is 1. The Morgan fingerprint density at radius 2 is 2.00 bits per heavy atom. The van der Waals surface area contributed by atoms with Crippen LogP contribution in [0.2, 0.25) is 0 Å². The zero-order valence-corrected chi connectivity index (χ0v) is 9.80. The number of rotatable bonds is 4. The van der Waals surface area contributed by atoms with Gasteiger partial charge in [0.1, 0.15) is 5.82 Å². The molecule has 0 aliphatic rings. The zero-order valence-electron chi connectivity index (χ0n) is 9.80. The fourth-order valence-electron chi connectivity index (χ4n) is 1.64. The summed E-state index contributed by atoms with van der Waals surface area (Å²) in [4.78, 5) is 0. The molecule has 1 aromatic heterocycles. The number of hydrazine groups is 1. The van der Waals surface area contributed by atoms with Gasteiger partial charge < -0.3 is 4.74 Å². The van der Waals surface area contributed by atoms with E-state index in [2.05, 4.69) is 15.6 Å². The fourth-order valence-corrected chi connectivity index (χ4v) is 1.64. The van der Waals surface area contributed by atoms with Gasteiger partial charge >= 0.3 is 0 Å². The highest BCUT2D eigenvalue weighted by Gasteiger charge is 2.17. The molecule has 5 nitrogen and oxygen atoms in total. The molecule has 6 heteroatoms. The molecule has 94 valence electrons. The molecule has 1 aromatic carbocycles. The number of methoxy groups -OCH3 is 1. The van der Waals surface area contributed by atoms with Crippen LogP contribution in [-0.4, -0.2) is 17.3 Å². The Hall–Kier alpha value is -2.05. The van der Waals surface area contributed by atoms with Crippen LogP contribution in [0.3, 0.4) is 0 Å². The minimum atomic E-state index is -0.551. The summed E-state index contributed by atoms with van der Waals surface area (Å²) >= 11 is 0. The average Bonchev–Trinajstić information content (AvgIpc) is 2.42. The van der Waals surface area contributed by atoms with E-state index in [1.54, 1.807) is 30.3 Å². The second-order valence-corrected chi connectivity index (χ2v) is 3.62. The van der Waals surface area contributed by atoms with Gasteiger partial charge in [0.25, 0.3) is 0 Å². The van der Waals surface area contributed by atoms with Crippen molar-refractivity contribution in [3.63, 3.8) is 0 Å². The summed E-state index contributed by atoms with van der Waals surface area (Å²) in [6.07, 6.45) is 0. The number of nitrogens with zero attached hydrogens (tertiary/aromatic N) is 2. The molecule has 0 aliphatic carbocycles. The molecule has 18 heavy (non-hydrogen) atoms. The Bertz CT molecular complexity index is 518. The van der Waals surface area contributed by atoms with Gasteiger partial charge in [-0.15, -0.1) is 10.2 Å². The van der Waals surface area contributed by atoms with Crippen molar-refractivity contribution in [1.29, 1.82) is 0 Å². The van der Waals surface area contributed by atoms with Crippen molar-refractivity contribution >= 4 is 0 Å². The van der Waals surface area contributed by atoms with Crippen LogP contribution >= 0.6 is 0 Å². The molecular formula is C12H13FN4O. The third-order valence-corrected chi connectivity index (χ3v) is 2.55. The van der Waals surface area contributed by atoms with Gasteiger partial charge in [-0.05, 0) is 12.1 Å². The largest absolute Gasteiger partial charge is 0.480 e. The van der Waals surface area contributed by atoms with Gasteiger partial charge in [-0.1, -0.05) is 18.2 Å². The molecule has 0 saturated carbocycles. The van der Waals surface area contributed by atoms with E-state index in [0.717, 1.165) is 0 Å². The summed E-state index contributed by atoms with van der Waals surface area (Å²) in [6.45, 7) is 0. The Morgan fingerprint density at radius 1 is 1.22 bits per heavy atom. The van der Waals surface area contributed by atoms with Gasteiger partial charge in [-0.2, -0.15) is 0 Å². The molecule has 0 aliphatic heterocycles. The maximum Gasteiger partial charge on any atom is 0.233 e. The molecule has 2 rings (SSSR count). The molecule has 1 heterocycles. The van der Waals surface area contributed by atoms with Crippen LogP contribution < -0.4 is 16.0 Å². The molecule has 2 aromatic rings. The lowest BCUT2D eigenvalue weighted by Gasteiger charge is -2.15. The summed E-state index contributed by atoms with van der Waals surface area (Å²) in [6, 6.07) is 9.15. The Balaban J connectivity index is 2.36. The summed E-state index contributed by atoms with van der Waals surface area (Å²) in [5.41, 5.74) is 3.46. The predicted molar refractivity (Wildman–Crippen MR) is 64.2 cm³/mol. The minimum absolute atomic E-state index is 0.349. The molecule has 1 atom stereocenters. The maximum atomic E-state index is 13.7. The second kappa shape index (κ2) is 5.52. The Morgan fingerprint density at radius 3 is 2.56 bits per heavy atom. The van der Waals surface area contributed by atoms with E-state index >= 15 is 0 Å². The standard InChI is InChI=1S/C12H13FN4O/c1-18-11-7-6-10(16-17-11)12(15-14)8-4-2-3-5-9(8)13/h2-7,12,15H,14H2,1H3. The van der Waals surface area contributed by atoms with Crippen molar-refractivity contribution in [2.75, 3.05) is 7.11 Å². The summed E-state index contributed by atoms with van der Waals surface area (Å²) in [5.74, 6) is 5.50. The smallest absolute Gasteiger partial charge is 0.233 e. The fraction of sp³-hybridized carbons (Fsp3) is 0.167. The summed E-state index contributed by atoms with van der Waals surface area (Å²) < 4.78 is 18.6. The average molecular weight is 248 g/mol. The number of hydrogen-bond donors (Lipinski definition) is 2. The van der Waals surface area contributed by atoms with Gasteiger partial charge in [-0.25, -0.2) is 9.82 Å². The first-order chi connectivity index (χ1) is 8.76. The number of benzene rings is 1.